The van der Waals surface area contributed by atoms with Gasteiger partial charge in [-0.2, -0.15) is 13.2 Å². The predicted octanol–water partition coefficient (Wildman–Crippen LogP) is 3.01. The Hall–Kier alpha value is -1.79. The molecular weight excluding hydrogens is 281 g/mol. The van der Waals surface area contributed by atoms with E-state index in [9.17, 15) is 13.2 Å². The van der Waals surface area contributed by atoms with Crippen molar-refractivity contribution in [1.82, 2.24) is 4.98 Å². The zero-order valence-corrected chi connectivity index (χ0v) is 11.9. The van der Waals surface area contributed by atoms with Gasteiger partial charge in [-0.15, -0.1) is 0 Å². The molecule has 21 heavy (non-hydrogen) atoms. The first-order valence-electron chi connectivity index (χ1n) is 7.00. The van der Waals surface area contributed by atoms with Crippen LogP contribution in [0.2, 0.25) is 0 Å². The second kappa shape index (κ2) is 5.91. The van der Waals surface area contributed by atoms with Crippen molar-refractivity contribution in [2.24, 2.45) is 11.7 Å². The highest BCUT2D eigenvalue weighted by Gasteiger charge is 2.34. The Bertz CT molecular complexity index is 523. The molecule has 0 aliphatic heterocycles. The van der Waals surface area contributed by atoms with Crippen LogP contribution in [0.25, 0.3) is 0 Å². The standard InChI is InChI=1S/C14H19F3N4/c1-2-21(8-9-4-3-5-9)13-10(12(18)19)6-7-11(20-13)14(15,16)17/h6-7,9H,2-5,8H2,1H3,(H3,18,19). The minimum absolute atomic E-state index is 0.159. The normalized spacial score (nSPS) is 15.6. The van der Waals surface area contributed by atoms with E-state index in [1.54, 1.807) is 4.90 Å². The van der Waals surface area contributed by atoms with Crippen molar-refractivity contribution >= 4 is 11.7 Å². The van der Waals surface area contributed by atoms with Crippen molar-refractivity contribution in [2.75, 3.05) is 18.0 Å². The van der Waals surface area contributed by atoms with Crippen LogP contribution >= 0.6 is 0 Å². The number of alkyl halides is 3. The molecule has 0 radical (unpaired) electrons. The molecular formula is C14H19F3N4. The summed E-state index contributed by atoms with van der Waals surface area (Å²) < 4.78 is 38.5. The highest BCUT2D eigenvalue weighted by Crippen LogP contribution is 2.32. The maximum Gasteiger partial charge on any atom is 0.433 e. The number of nitrogens with one attached hydrogen (secondary N) is 1. The molecule has 0 unspecified atom stereocenters. The van der Waals surface area contributed by atoms with Gasteiger partial charge in [0.1, 0.15) is 17.3 Å². The maximum atomic E-state index is 12.8. The summed E-state index contributed by atoms with van der Waals surface area (Å²) in [6.07, 6.45) is -1.16. The maximum absolute atomic E-state index is 12.8. The minimum atomic E-state index is -4.50. The van der Waals surface area contributed by atoms with E-state index in [4.69, 9.17) is 11.1 Å². The number of amidine groups is 1. The first-order valence-corrected chi connectivity index (χ1v) is 7.00. The molecule has 0 bridgehead atoms. The molecule has 2 rings (SSSR count). The number of hydrogen-bond acceptors (Lipinski definition) is 3. The largest absolute Gasteiger partial charge is 0.433 e. The molecule has 1 saturated carbocycles. The Morgan fingerprint density at radius 3 is 2.52 bits per heavy atom. The Labute approximate surface area is 121 Å². The van der Waals surface area contributed by atoms with E-state index in [0.29, 0.717) is 19.0 Å². The Morgan fingerprint density at radius 1 is 1.43 bits per heavy atom. The van der Waals surface area contributed by atoms with Crippen LogP contribution in [0.1, 0.15) is 37.4 Å². The fourth-order valence-electron chi connectivity index (χ4n) is 2.41. The second-order valence-corrected chi connectivity index (χ2v) is 5.31. The topological polar surface area (TPSA) is 66.0 Å². The lowest BCUT2D eigenvalue weighted by Gasteiger charge is -2.33. The molecule has 0 amide bonds. The molecule has 1 aromatic rings. The number of aromatic nitrogens is 1. The summed E-state index contributed by atoms with van der Waals surface area (Å²) in [7, 11) is 0. The van der Waals surface area contributed by atoms with Crippen LogP contribution in [0, 0.1) is 11.3 Å². The van der Waals surface area contributed by atoms with E-state index in [1.165, 1.54) is 6.07 Å². The lowest BCUT2D eigenvalue weighted by Crippen LogP contribution is -2.35. The molecule has 0 spiro atoms. The Balaban J connectivity index is 2.38. The number of rotatable bonds is 5. The number of pyridine rings is 1. The SMILES string of the molecule is CCN(CC1CCC1)c1nc(C(F)(F)F)ccc1C(=N)N. The summed E-state index contributed by atoms with van der Waals surface area (Å²) in [6, 6.07) is 2.11. The van der Waals surface area contributed by atoms with Crippen molar-refractivity contribution in [2.45, 2.75) is 32.4 Å². The molecule has 3 N–H and O–H groups in total. The van der Waals surface area contributed by atoms with Crippen LogP contribution in [0.5, 0.6) is 0 Å². The molecule has 0 aromatic carbocycles. The number of halogens is 3. The third-order valence-electron chi connectivity index (χ3n) is 3.84. The molecule has 1 aliphatic rings. The molecule has 7 heteroatoms. The van der Waals surface area contributed by atoms with E-state index >= 15 is 0 Å². The van der Waals surface area contributed by atoms with Crippen LogP contribution in [-0.2, 0) is 6.18 Å². The smallest absolute Gasteiger partial charge is 0.384 e. The van der Waals surface area contributed by atoms with Gasteiger partial charge in [-0.25, -0.2) is 4.98 Å². The summed E-state index contributed by atoms with van der Waals surface area (Å²) >= 11 is 0. The van der Waals surface area contributed by atoms with E-state index < -0.39 is 11.9 Å². The average molecular weight is 300 g/mol. The van der Waals surface area contributed by atoms with Gasteiger partial charge >= 0.3 is 6.18 Å². The van der Waals surface area contributed by atoms with Crippen LogP contribution in [0.15, 0.2) is 12.1 Å². The number of nitrogens with two attached hydrogens (primary N) is 1. The minimum Gasteiger partial charge on any atom is -0.384 e. The van der Waals surface area contributed by atoms with Gasteiger partial charge in [-0.1, -0.05) is 6.42 Å². The zero-order valence-electron chi connectivity index (χ0n) is 11.9. The van der Waals surface area contributed by atoms with Gasteiger partial charge in [-0.05, 0) is 37.8 Å². The number of nitrogens with zero attached hydrogens (tertiary/aromatic N) is 2. The van der Waals surface area contributed by atoms with Gasteiger partial charge in [0.15, 0.2) is 0 Å². The van der Waals surface area contributed by atoms with Crippen molar-refractivity contribution in [3.05, 3.63) is 23.4 Å². The van der Waals surface area contributed by atoms with E-state index in [0.717, 1.165) is 25.3 Å². The van der Waals surface area contributed by atoms with Gasteiger partial charge in [0.25, 0.3) is 0 Å². The Kier molecular flexibility index (Phi) is 4.39. The molecule has 1 fully saturated rings. The lowest BCUT2D eigenvalue weighted by molar-refractivity contribution is -0.141. The van der Waals surface area contributed by atoms with Crippen molar-refractivity contribution < 1.29 is 13.2 Å². The molecule has 1 aromatic heterocycles. The van der Waals surface area contributed by atoms with E-state index in [2.05, 4.69) is 4.98 Å². The van der Waals surface area contributed by atoms with Crippen LogP contribution in [0.3, 0.4) is 0 Å². The van der Waals surface area contributed by atoms with Crippen molar-refractivity contribution in [3.63, 3.8) is 0 Å². The van der Waals surface area contributed by atoms with Gasteiger partial charge in [-0.3, -0.25) is 5.41 Å². The number of anilines is 1. The van der Waals surface area contributed by atoms with E-state index in [-0.39, 0.29) is 17.2 Å². The summed E-state index contributed by atoms with van der Waals surface area (Å²) in [5.41, 5.74) is 4.78. The fraction of sp³-hybridized carbons (Fsp3) is 0.571. The first-order chi connectivity index (χ1) is 9.82. The monoisotopic (exact) mass is 300 g/mol. The highest BCUT2D eigenvalue weighted by atomic mass is 19.4. The lowest BCUT2D eigenvalue weighted by atomic mass is 9.85. The zero-order chi connectivity index (χ0) is 15.6. The van der Waals surface area contributed by atoms with Gasteiger partial charge in [0, 0.05) is 13.1 Å². The number of nitrogen functional groups attached to an aromatic ring is 1. The average Bonchev–Trinajstić information content (AvgIpc) is 2.36. The van der Waals surface area contributed by atoms with Gasteiger partial charge in [0.05, 0.1) is 5.56 Å². The second-order valence-electron chi connectivity index (χ2n) is 5.31. The third-order valence-corrected chi connectivity index (χ3v) is 3.84. The summed E-state index contributed by atoms with van der Waals surface area (Å²) in [4.78, 5) is 5.52. The van der Waals surface area contributed by atoms with Gasteiger partial charge in [0.2, 0.25) is 0 Å². The molecule has 4 nitrogen and oxygen atoms in total. The quantitative estimate of drug-likeness (QED) is 0.649. The molecule has 0 saturated heterocycles. The van der Waals surface area contributed by atoms with Crippen LogP contribution in [0.4, 0.5) is 19.0 Å². The predicted molar refractivity (Wildman–Crippen MR) is 75.5 cm³/mol. The third kappa shape index (κ3) is 3.46. The van der Waals surface area contributed by atoms with Crippen molar-refractivity contribution in [1.29, 1.82) is 5.41 Å². The van der Waals surface area contributed by atoms with E-state index in [1.807, 2.05) is 6.92 Å². The van der Waals surface area contributed by atoms with Gasteiger partial charge < -0.3 is 10.6 Å². The fourth-order valence-corrected chi connectivity index (χ4v) is 2.41. The summed E-state index contributed by atoms with van der Waals surface area (Å²) in [5, 5.41) is 7.54. The summed E-state index contributed by atoms with van der Waals surface area (Å²) in [6.45, 7) is 3.06. The van der Waals surface area contributed by atoms with Crippen molar-refractivity contribution in [3.8, 4) is 0 Å². The molecule has 1 heterocycles. The van der Waals surface area contributed by atoms with Crippen LogP contribution < -0.4 is 10.6 Å². The first kappa shape index (κ1) is 15.6. The van der Waals surface area contributed by atoms with Crippen LogP contribution in [-0.4, -0.2) is 23.9 Å². The molecule has 1 aliphatic carbocycles. The highest BCUT2D eigenvalue weighted by molar-refractivity contribution is 5.99. The summed E-state index contributed by atoms with van der Waals surface area (Å²) in [5.74, 6) is 0.381. The molecule has 0 atom stereocenters. The Morgan fingerprint density at radius 2 is 2.10 bits per heavy atom. The number of hydrogen-bond donors (Lipinski definition) is 2. The molecule has 116 valence electrons.